The summed E-state index contributed by atoms with van der Waals surface area (Å²) in [5.74, 6) is 0.764. The molecule has 1 fully saturated rings. The molecule has 0 aliphatic carbocycles. The zero-order valence-corrected chi connectivity index (χ0v) is 18.6. The molecular weight excluding hydrogens is 415 g/mol. The Kier molecular flexibility index (Phi) is 5.94. The second-order valence-electron chi connectivity index (χ2n) is 8.31. The molecule has 1 aliphatic rings. The highest BCUT2D eigenvalue weighted by Crippen LogP contribution is 2.47. The van der Waals surface area contributed by atoms with Crippen molar-refractivity contribution < 1.29 is 9.50 Å². The number of aliphatic hydroxyl groups is 1. The number of aliphatic hydroxyl groups excluding tert-OH is 1. The molecule has 33 heavy (non-hydrogen) atoms. The largest absolute Gasteiger partial charge is 0.382 e. The first-order chi connectivity index (χ1) is 16.1. The number of piperazine rings is 1. The molecule has 1 atom stereocenters. The number of benzene rings is 2. The van der Waals surface area contributed by atoms with Crippen LogP contribution in [0.3, 0.4) is 0 Å². The topological polar surface area (TPSA) is 53.3 Å². The van der Waals surface area contributed by atoms with Crippen LogP contribution in [0.2, 0.25) is 0 Å². The van der Waals surface area contributed by atoms with E-state index in [1.807, 2.05) is 49.5 Å². The van der Waals surface area contributed by atoms with Crippen molar-refractivity contribution >= 4 is 5.82 Å². The molecular formula is C27H27FN4O. The van der Waals surface area contributed by atoms with Crippen LogP contribution in [0.15, 0.2) is 79.1 Å². The van der Waals surface area contributed by atoms with Crippen molar-refractivity contribution in [2.75, 3.05) is 31.1 Å². The van der Waals surface area contributed by atoms with Crippen molar-refractivity contribution in [2.24, 2.45) is 7.05 Å². The van der Waals surface area contributed by atoms with Gasteiger partial charge in [0.25, 0.3) is 0 Å². The third-order valence-corrected chi connectivity index (χ3v) is 6.30. The van der Waals surface area contributed by atoms with Crippen molar-refractivity contribution in [3.8, 4) is 22.3 Å². The third-order valence-electron chi connectivity index (χ3n) is 6.30. The summed E-state index contributed by atoms with van der Waals surface area (Å²) in [6.45, 7) is 3.51. The van der Waals surface area contributed by atoms with E-state index >= 15 is 0 Å². The average Bonchev–Trinajstić information content (AvgIpc) is 3.18. The lowest BCUT2D eigenvalue weighted by Crippen LogP contribution is -2.44. The van der Waals surface area contributed by atoms with Crippen molar-refractivity contribution in [2.45, 2.75) is 6.10 Å². The maximum atomic E-state index is 13.8. The SMILES string of the molecule is Cn1c(C(O)c2ccccc2)c(-c2ccc(F)cc2)c(-c2ccncc2)c1N1CCNCC1. The first-order valence-corrected chi connectivity index (χ1v) is 11.2. The fraction of sp³-hybridized carbons (Fsp3) is 0.222. The molecule has 3 heterocycles. The smallest absolute Gasteiger partial charge is 0.123 e. The van der Waals surface area contributed by atoms with Gasteiger partial charge < -0.3 is 19.9 Å². The average molecular weight is 443 g/mol. The number of rotatable bonds is 5. The van der Waals surface area contributed by atoms with Crippen LogP contribution in [0.25, 0.3) is 22.3 Å². The molecule has 4 aromatic rings. The van der Waals surface area contributed by atoms with Gasteiger partial charge >= 0.3 is 0 Å². The maximum Gasteiger partial charge on any atom is 0.123 e. The summed E-state index contributed by atoms with van der Waals surface area (Å²) in [5, 5.41) is 15.0. The Morgan fingerprint density at radius 3 is 2.18 bits per heavy atom. The highest BCUT2D eigenvalue weighted by molar-refractivity contribution is 5.94. The molecule has 2 aromatic heterocycles. The summed E-state index contributed by atoms with van der Waals surface area (Å²) >= 11 is 0. The molecule has 0 amide bonds. The molecule has 1 saturated heterocycles. The van der Waals surface area contributed by atoms with Crippen molar-refractivity contribution in [3.05, 3.63) is 96.2 Å². The normalized spacial score (nSPS) is 14.9. The molecule has 0 saturated carbocycles. The van der Waals surface area contributed by atoms with Crippen LogP contribution in [0.1, 0.15) is 17.4 Å². The highest BCUT2D eigenvalue weighted by atomic mass is 19.1. The van der Waals surface area contributed by atoms with Crippen molar-refractivity contribution in [3.63, 3.8) is 0 Å². The van der Waals surface area contributed by atoms with Gasteiger partial charge in [-0.05, 0) is 41.0 Å². The molecule has 0 radical (unpaired) electrons. The summed E-state index contributed by atoms with van der Waals surface area (Å²) in [7, 11) is 2.01. The molecule has 1 unspecified atom stereocenters. The van der Waals surface area contributed by atoms with E-state index in [4.69, 9.17) is 0 Å². The van der Waals surface area contributed by atoms with Gasteiger partial charge in [-0.3, -0.25) is 4.98 Å². The fourth-order valence-electron chi connectivity index (χ4n) is 4.75. The van der Waals surface area contributed by atoms with Gasteiger partial charge in [0.15, 0.2) is 0 Å². The van der Waals surface area contributed by atoms with Crippen LogP contribution in [0.4, 0.5) is 10.2 Å². The second-order valence-corrected chi connectivity index (χ2v) is 8.31. The number of halogens is 1. The summed E-state index contributed by atoms with van der Waals surface area (Å²) in [6.07, 6.45) is 2.73. The number of hydrogen-bond acceptors (Lipinski definition) is 4. The number of pyridine rings is 1. The fourth-order valence-corrected chi connectivity index (χ4v) is 4.75. The van der Waals surface area contributed by atoms with Gasteiger partial charge in [0.05, 0.1) is 5.69 Å². The third kappa shape index (κ3) is 4.03. The second kappa shape index (κ2) is 9.17. The first kappa shape index (κ1) is 21.4. The van der Waals surface area contributed by atoms with Crippen LogP contribution < -0.4 is 10.2 Å². The zero-order valence-electron chi connectivity index (χ0n) is 18.6. The highest BCUT2D eigenvalue weighted by Gasteiger charge is 2.31. The number of nitrogens with one attached hydrogen (secondary N) is 1. The predicted octanol–water partition coefficient (Wildman–Crippen LogP) is 4.38. The van der Waals surface area contributed by atoms with Crippen molar-refractivity contribution in [1.82, 2.24) is 14.9 Å². The number of anilines is 1. The first-order valence-electron chi connectivity index (χ1n) is 11.2. The van der Waals surface area contributed by atoms with E-state index in [0.29, 0.717) is 0 Å². The lowest BCUT2D eigenvalue weighted by atomic mass is 9.93. The maximum absolute atomic E-state index is 13.8. The van der Waals surface area contributed by atoms with Gasteiger partial charge in [0, 0.05) is 56.7 Å². The summed E-state index contributed by atoms with van der Waals surface area (Å²) in [6, 6.07) is 20.2. The van der Waals surface area contributed by atoms with Crippen molar-refractivity contribution in [1.29, 1.82) is 0 Å². The van der Waals surface area contributed by atoms with Gasteiger partial charge in [-0.15, -0.1) is 0 Å². The minimum atomic E-state index is -0.839. The van der Waals surface area contributed by atoms with E-state index in [2.05, 4.69) is 19.8 Å². The zero-order chi connectivity index (χ0) is 22.8. The molecule has 6 heteroatoms. The molecule has 0 spiro atoms. The Morgan fingerprint density at radius 1 is 0.879 bits per heavy atom. The molecule has 168 valence electrons. The Balaban J connectivity index is 1.82. The van der Waals surface area contributed by atoms with E-state index in [0.717, 1.165) is 65.5 Å². The van der Waals surface area contributed by atoms with Gasteiger partial charge in [-0.1, -0.05) is 42.5 Å². The van der Waals surface area contributed by atoms with E-state index in [1.54, 1.807) is 24.5 Å². The van der Waals surface area contributed by atoms with Crippen LogP contribution in [0.5, 0.6) is 0 Å². The summed E-state index contributed by atoms with van der Waals surface area (Å²) in [5.41, 5.74) is 5.42. The molecule has 0 bridgehead atoms. The summed E-state index contributed by atoms with van der Waals surface area (Å²) < 4.78 is 16.0. The molecule has 1 aliphatic heterocycles. The van der Waals surface area contributed by atoms with E-state index < -0.39 is 6.10 Å². The lowest BCUT2D eigenvalue weighted by molar-refractivity contribution is 0.212. The Morgan fingerprint density at radius 2 is 1.52 bits per heavy atom. The molecule has 2 N–H and O–H groups in total. The van der Waals surface area contributed by atoms with Gasteiger partial charge in [-0.25, -0.2) is 4.39 Å². The minimum Gasteiger partial charge on any atom is -0.382 e. The summed E-state index contributed by atoms with van der Waals surface area (Å²) in [4.78, 5) is 6.57. The number of nitrogens with zero attached hydrogens (tertiary/aromatic N) is 3. The Labute approximate surface area is 193 Å². The Bertz CT molecular complexity index is 1220. The van der Waals surface area contributed by atoms with E-state index in [-0.39, 0.29) is 5.82 Å². The quantitative estimate of drug-likeness (QED) is 0.482. The van der Waals surface area contributed by atoms with Crippen LogP contribution in [-0.4, -0.2) is 40.8 Å². The van der Waals surface area contributed by atoms with Gasteiger partial charge in [0.2, 0.25) is 0 Å². The predicted molar refractivity (Wildman–Crippen MR) is 130 cm³/mol. The van der Waals surface area contributed by atoms with Gasteiger partial charge in [0.1, 0.15) is 17.7 Å². The van der Waals surface area contributed by atoms with Crippen LogP contribution in [0, 0.1) is 5.82 Å². The van der Waals surface area contributed by atoms with Gasteiger partial charge in [-0.2, -0.15) is 0 Å². The van der Waals surface area contributed by atoms with Crippen LogP contribution in [-0.2, 0) is 7.05 Å². The molecule has 2 aromatic carbocycles. The minimum absolute atomic E-state index is 0.285. The lowest BCUT2D eigenvalue weighted by Gasteiger charge is -2.31. The number of hydrogen-bond donors (Lipinski definition) is 2. The monoisotopic (exact) mass is 442 g/mol. The standard InChI is InChI=1S/C27H27FN4O/c1-31-25(26(33)21-5-3-2-4-6-21)23(19-7-9-22(28)10-8-19)24(20-11-13-29-14-12-20)27(31)32-17-15-30-16-18-32/h2-14,26,30,33H,15-18H2,1H3. The van der Waals surface area contributed by atoms with E-state index in [1.165, 1.54) is 12.1 Å². The molecule has 5 rings (SSSR count). The Hall–Kier alpha value is -3.48. The van der Waals surface area contributed by atoms with E-state index in [9.17, 15) is 9.50 Å². The molecule has 5 nitrogen and oxygen atoms in total. The number of aromatic nitrogens is 2. The van der Waals surface area contributed by atoms with Crippen LogP contribution >= 0.6 is 0 Å².